The minimum atomic E-state index is -1.18. The molecule has 2 aliphatic rings. The van der Waals surface area contributed by atoms with E-state index < -0.39 is 36.4 Å². The molecule has 118 valence electrons. The van der Waals surface area contributed by atoms with Crippen LogP contribution in [0.5, 0.6) is 0 Å². The molecule has 7 heteroatoms. The zero-order valence-electron chi connectivity index (χ0n) is 11.9. The molecule has 0 aromatic rings. The van der Waals surface area contributed by atoms with Crippen molar-refractivity contribution < 1.29 is 24.6 Å². The highest BCUT2D eigenvalue weighted by Crippen LogP contribution is 2.38. The highest BCUT2D eigenvalue weighted by molar-refractivity contribution is 5.90. The number of nitrogens with zero attached hydrogens (tertiary/aromatic N) is 1. The number of nitrogens with two attached hydrogens (primary N) is 1. The third kappa shape index (κ3) is 3.34. The summed E-state index contributed by atoms with van der Waals surface area (Å²) in [6.45, 7) is 0. The van der Waals surface area contributed by atoms with E-state index in [1.54, 1.807) is 0 Å². The van der Waals surface area contributed by atoms with Crippen LogP contribution in [0.4, 0.5) is 0 Å². The van der Waals surface area contributed by atoms with Crippen LogP contribution in [0, 0.1) is 5.92 Å². The molecule has 1 saturated carbocycles. The summed E-state index contributed by atoms with van der Waals surface area (Å²) in [5, 5.41) is 18.1. The van der Waals surface area contributed by atoms with Crippen LogP contribution >= 0.6 is 0 Å². The smallest absolute Gasteiger partial charge is 0.326 e. The Hall–Kier alpha value is -1.63. The Kier molecular flexibility index (Phi) is 4.82. The van der Waals surface area contributed by atoms with E-state index in [1.165, 1.54) is 4.90 Å². The number of carbonyl (C=O) groups excluding carboxylic acids is 1. The van der Waals surface area contributed by atoms with Gasteiger partial charge in [-0.1, -0.05) is 12.8 Å². The third-order valence-electron chi connectivity index (χ3n) is 4.62. The lowest BCUT2D eigenvalue weighted by molar-refractivity contribution is -0.159. The highest BCUT2D eigenvalue weighted by Gasteiger charge is 2.45. The molecule has 4 unspecified atom stereocenters. The fourth-order valence-corrected chi connectivity index (χ4v) is 3.66. The van der Waals surface area contributed by atoms with Crippen molar-refractivity contribution in [1.82, 2.24) is 4.90 Å². The van der Waals surface area contributed by atoms with Crippen LogP contribution in [0.1, 0.15) is 44.9 Å². The van der Waals surface area contributed by atoms with Crippen molar-refractivity contribution >= 4 is 17.8 Å². The second-order valence-electron chi connectivity index (χ2n) is 5.99. The molecule has 1 aliphatic heterocycles. The van der Waals surface area contributed by atoms with E-state index in [0.717, 1.165) is 32.1 Å². The second-order valence-corrected chi connectivity index (χ2v) is 5.99. The third-order valence-corrected chi connectivity index (χ3v) is 4.62. The number of fused-ring (bicyclic) bond motifs is 1. The van der Waals surface area contributed by atoms with E-state index in [-0.39, 0.29) is 6.04 Å². The fourth-order valence-electron chi connectivity index (χ4n) is 3.66. The summed E-state index contributed by atoms with van der Waals surface area (Å²) >= 11 is 0. The van der Waals surface area contributed by atoms with Crippen LogP contribution < -0.4 is 5.73 Å². The van der Waals surface area contributed by atoms with Gasteiger partial charge in [0.1, 0.15) is 6.04 Å². The van der Waals surface area contributed by atoms with E-state index in [1.807, 2.05) is 0 Å². The quantitative estimate of drug-likeness (QED) is 0.691. The number of carboxylic acids is 2. The first-order valence-corrected chi connectivity index (χ1v) is 7.44. The van der Waals surface area contributed by atoms with Crippen molar-refractivity contribution in [1.29, 1.82) is 0 Å². The van der Waals surface area contributed by atoms with Crippen molar-refractivity contribution in [2.75, 3.05) is 0 Å². The Balaban J connectivity index is 2.21. The number of hydrogen-bond donors (Lipinski definition) is 3. The lowest BCUT2D eigenvalue weighted by atomic mass is 9.76. The lowest BCUT2D eigenvalue weighted by Gasteiger charge is -2.47. The maximum absolute atomic E-state index is 12.5. The molecular weight excluding hydrogens is 276 g/mol. The van der Waals surface area contributed by atoms with Crippen LogP contribution in [0.15, 0.2) is 0 Å². The molecule has 0 bridgehead atoms. The number of carboxylic acid groups (broad SMARTS) is 2. The first kappa shape index (κ1) is 15.8. The highest BCUT2D eigenvalue weighted by atomic mass is 16.4. The summed E-state index contributed by atoms with van der Waals surface area (Å²) < 4.78 is 0. The Bertz CT molecular complexity index is 439. The SMILES string of the molecule is NC(CC(=O)O)C(=O)N1C(C(=O)O)CCC2CCCCC21. The Morgan fingerprint density at radius 1 is 1.10 bits per heavy atom. The zero-order chi connectivity index (χ0) is 15.6. The minimum absolute atomic E-state index is 0.110. The van der Waals surface area contributed by atoms with Crippen LogP contribution in [0.2, 0.25) is 0 Å². The number of amides is 1. The molecule has 7 nitrogen and oxygen atoms in total. The molecule has 1 aliphatic carbocycles. The maximum Gasteiger partial charge on any atom is 0.326 e. The van der Waals surface area contributed by atoms with Gasteiger partial charge in [-0.3, -0.25) is 9.59 Å². The van der Waals surface area contributed by atoms with Crippen molar-refractivity contribution in [3.05, 3.63) is 0 Å². The fraction of sp³-hybridized carbons (Fsp3) is 0.786. The van der Waals surface area contributed by atoms with E-state index in [2.05, 4.69) is 0 Å². The van der Waals surface area contributed by atoms with Gasteiger partial charge < -0.3 is 20.8 Å². The zero-order valence-corrected chi connectivity index (χ0v) is 11.9. The van der Waals surface area contributed by atoms with Crippen molar-refractivity contribution in [2.24, 2.45) is 11.7 Å². The van der Waals surface area contributed by atoms with Gasteiger partial charge in [-0.05, 0) is 31.6 Å². The number of piperidine rings is 1. The maximum atomic E-state index is 12.5. The lowest BCUT2D eigenvalue weighted by Crippen LogP contribution is -2.61. The molecule has 4 N–H and O–H groups in total. The average Bonchev–Trinajstić information content (AvgIpc) is 2.44. The van der Waals surface area contributed by atoms with Gasteiger partial charge in [-0.2, -0.15) is 0 Å². The molecule has 4 atom stereocenters. The summed E-state index contributed by atoms with van der Waals surface area (Å²) in [6.07, 6.45) is 4.59. The molecule has 0 aromatic heterocycles. The van der Waals surface area contributed by atoms with Gasteiger partial charge in [0.05, 0.1) is 12.5 Å². The number of carbonyl (C=O) groups is 3. The van der Waals surface area contributed by atoms with Gasteiger partial charge in [0.2, 0.25) is 5.91 Å². The summed E-state index contributed by atoms with van der Waals surface area (Å²) in [5.74, 6) is -2.41. The average molecular weight is 298 g/mol. The largest absolute Gasteiger partial charge is 0.481 e. The van der Waals surface area contributed by atoms with Gasteiger partial charge in [0.25, 0.3) is 0 Å². The number of likely N-dealkylation sites (tertiary alicyclic amines) is 1. The molecule has 1 saturated heterocycles. The molecule has 0 spiro atoms. The Morgan fingerprint density at radius 2 is 1.76 bits per heavy atom. The van der Waals surface area contributed by atoms with Gasteiger partial charge in [0, 0.05) is 6.04 Å². The molecule has 0 radical (unpaired) electrons. The Morgan fingerprint density at radius 3 is 2.38 bits per heavy atom. The summed E-state index contributed by atoms with van der Waals surface area (Å²) in [7, 11) is 0. The second kappa shape index (κ2) is 6.43. The Labute approximate surface area is 123 Å². The molecule has 1 heterocycles. The van der Waals surface area contributed by atoms with Crippen molar-refractivity contribution in [2.45, 2.75) is 63.1 Å². The molecule has 0 aromatic carbocycles. The molecule has 21 heavy (non-hydrogen) atoms. The summed E-state index contributed by atoms with van der Waals surface area (Å²) in [4.78, 5) is 36.0. The van der Waals surface area contributed by atoms with E-state index in [0.29, 0.717) is 12.3 Å². The predicted molar refractivity (Wildman–Crippen MR) is 73.5 cm³/mol. The molecular formula is C14H22N2O5. The first-order valence-electron chi connectivity index (χ1n) is 7.44. The topological polar surface area (TPSA) is 121 Å². The molecule has 1 amide bonds. The summed E-state index contributed by atoms with van der Waals surface area (Å²) in [5.41, 5.74) is 5.67. The van der Waals surface area contributed by atoms with E-state index in [9.17, 15) is 19.5 Å². The van der Waals surface area contributed by atoms with Crippen LogP contribution in [0.3, 0.4) is 0 Å². The van der Waals surface area contributed by atoms with Gasteiger partial charge >= 0.3 is 11.9 Å². The van der Waals surface area contributed by atoms with Gasteiger partial charge in [-0.25, -0.2) is 4.79 Å². The van der Waals surface area contributed by atoms with Gasteiger partial charge in [-0.15, -0.1) is 0 Å². The van der Waals surface area contributed by atoms with E-state index in [4.69, 9.17) is 10.8 Å². The summed E-state index contributed by atoms with van der Waals surface area (Å²) in [6, 6.07) is -2.16. The van der Waals surface area contributed by atoms with Crippen LogP contribution in [-0.2, 0) is 14.4 Å². The monoisotopic (exact) mass is 298 g/mol. The first-order chi connectivity index (χ1) is 9.91. The van der Waals surface area contributed by atoms with Crippen LogP contribution in [0.25, 0.3) is 0 Å². The predicted octanol–water partition coefficient (Wildman–Crippen LogP) is 0.423. The van der Waals surface area contributed by atoms with Crippen molar-refractivity contribution in [3.63, 3.8) is 0 Å². The van der Waals surface area contributed by atoms with Gasteiger partial charge in [0.15, 0.2) is 0 Å². The van der Waals surface area contributed by atoms with E-state index >= 15 is 0 Å². The number of hydrogen-bond acceptors (Lipinski definition) is 4. The minimum Gasteiger partial charge on any atom is -0.481 e. The molecule has 2 rings (SSSR count). The van der Waals surface area contributed by atoms with Crippen LogP contribution in [-0.4, -0.2) is 51.1 Å². The number of aliphatic carboxylic acids is 2. The van der Waals surface area contributed by atoms with Crippen molar-refractivity contribution in [3.8, 4) is 0 Å². The number of rotatable bonds is 4. The standard InChI is InChI=1S/C14H22N2O5/c15-9(7-12(17)18)13(19)16-10-4-2-1-3-8(10)5-6-11(16)14(20)21/h8-11H,1-7,15H2,(H,17,18)(H,20,21). The normalized spacial score (nSPS) is 30.3. The molecule has 2 fully saturated rings.